The number of benzene rings is 1. The Bertz CT molecular complexity index is 406. The molecule has 0 amide bonds. The van der Waals surface area contributed by atoms with Gasteiger partial charge in [-0.3, -0.25) is 0 Å². The van der Waals surface area contributed by atoms with Crippen molar-refractivity contribution in [3.63, 3.8) is 0 Å². The zero-order chi connectivity index (χ0) is 12.1. The van der Waals surface area contributed by atoms with Crippen molar-refractivity contribution in [3.8, 4) is 0 Å². The minimum atomic E-state index is -0.126. The Kier molecular flexibility index (Phi) is 3.97. The van der Waals surface area contributed by atoms with Crippen LogP contribution in [0.4, 0.5) is 0 Å². The Balaban J connectivity index is 1.96. The van der Waals surface area contributed by atoms with Gasteiger partial charge in [0.05, 0.1) is 0 Å². The zero-order valence-electron chi connectivity index (χ0n) is 10.2. The fourth-order valence-corrected chi connectivity index (χ4v) is 2.04. The van der Waals surface area contributed by atoms with Crippen LogP contribution in [0.1, 0.15) is 31.7 Å². The van der Waals surface area contributed by atoms with Crippen LogP contribution < -0.4 is 0 Å². The van der Waals surface area contributed by atoms with E-state index >= 15 is 0 Å². The molecule has 17 heavy (non-hydrogen) atoms. The smallest absolute Gasteiger partial charge is 0.334 e. The second-order valence-electron chi connectivity index (χ2n) is 4.43. The molecule has 1 heterocycles. The molecule has 0 bridgehead atoms. The van der Waals surface area contributed by atoms with Crippen molar-refractivity contribution in [2.45, 2.75) is 38.7 Å². The van der Waals surface area contributed by atoms with Gasteiger partial charge in [0, 0.05) is 12.0 Å². The highest BCUT2D eigenvalue weighted by atomic mass is 16.5. The number of hydrogen-bond acceptors (Lipinski definition) is 2. The number of cyclic esters (lactones) is 1. The molecule has 2 nitrogen and oxygen atoms in total. The molecule has 2 rings (SSSR count). The lowest BCUT2D eigenvalue weighted by Gasteiger charge is -2.07. The third kappa shape index (κ3) is 3.19. The van der Waals surface area contributed by atoms with E-state index in [2.05, 4.69) is 19.1 Å². The van der Waals surface area contributed by atoms with Crippen LogP contribution in [0.2, 0.25) is 0 Å². The predicted octanol–water partition coefficient (Wildman–Crippen LogP) is 3.27. The first-order valence-corrected chi connectivity index (χ1v) is 6.25. The molecular weight excluding hydrogens is 212 g/mol. The molecule has 0 saturated heterocycles. The van der Waals surface area contributed by atoms with Crippen LogP contribution in [0, 0.1) is 0 Å². The van der Waals surface area contributed by atoms with Crippen LogP contribution in [0.25, 0.3) is 0 Å². The number of esters is 1. The van der Waals surface area contributed by atoms with E-state index in [1.54, 1.807) is 0 Å². The van der Waals surface area contributed by atoms with E-state index in [1.807, 2.05) is 24.3 Å². The van der Waals surface area contributed by atoms with Gasteiger partial charge < -0.3 is 4.74 Å². The lowest BCUT2D eigenvalue weighted by Crippen LogP contribution is -2.11. The van der Waals surface area contributed by atoms with Crippen LogP contribution in [0.15, 0.2) is 42.0 Å². The van der Waals surface area contributed by atoms with Gasteiger partial charge in [0.25, 0.3) is 0 Å². The first-order chi connectivity index (χ1) is 8.29. The van der Waals surface area contributed by atoms with Crippen molar-refractivity contribution in [1.29, 1.82) is 0 Å². The average molecular weight is 230 g/mol. The topological polar surface area (TPSA) is 26.3 Å². The summed E-state index contributed by atoms with van der Waals surface area (Å²) < 4.78 is 5.34. The van der Waals surface area contributed by atoms with Crippen molar-refractivity contribution in [3.05, 3.63) is 47.5 Å². The summed E-state index contributed by atoms with van der Waals surface area (Å²) in [5, 5.41) is 0. The molecule has 0 radical (unpaired) electrons. The van der Waals surface area contributed by atoms with E-state index < -0.39 is 0 Å². The average Bonchev–Trinajstić information content (AvgIpc) is 2.68. The van der Waals surface area contributed by atoms with Gasteiger partial charge in [-0.2, -0.15) is 0 Å². The van der Waals surface area contributed by atoms with Crippen LogP contribution >= 0.6 is 0 Å². The summed E-state index contributed by atoms with van der Waals surface area (Å²) in [4.78, 5) is 11.6. The van der Waals surface area contributed by atoms with Crippen molar-refractivity contribution < 1.29 is 9.53 Å². The van der Waals surface area contributed by atoms with Crippen LogP contribution in [0.3, 0.4) is 0 Å². The van der Waals surface area contributed by atoms with E-state index in [4.69, 9.17) is 4.74 Å². The van der Waals surface area contributed by atoms with Gasteiger partial charge in [-0.1, -0.05) is 43.7 Å². The summed E-state index contributed by atoms with van der Waals surface area (Å²) in [5.74, 6) is -0.126. The Labute approximate surface area is 102 Å². The highest BCUT2D eigenvalue weighted by molar-refractivity contribution is 5.90. The molecule has 90 valence electrons. The number of rotatable bonds is 5. The summed E-state index contributed by atoms with van der Waals surface area (Å²) in [6, 6.07) is 10.1. The number of carbonyl (C=O) groups excluding carboxylic acids is 1. The van der Waals surface area contributed by atoms with E-state index in [0.717, 1.165) is 31.3 Å². The normalized spacial score (nSPS) is 19.0. The van der Waals surface area contributed by atoms with Crippen molar-refractivity contribution in [2.75, 3.05) is 0 Å². The summed E-state index contributed by atoms with van der Waals surface area (Å²) in [7, 11) is 0. The molecule has 0 N–H and O–H groups in total. The number of unbranched alkanes of at least 4 members (excludes halogenated alkanes) is 1. The molecule has 1 aromatic rings. The SMILES string of the molecule is CCCCC1=CC(Cc2ccccc2)OC1=O. The lowest BCUT2D eigenvalue weighted by molar-refractivity contribution is -0.139. The third-order valence-corrected chi connectivity index (χ3v) is 2.99. The van der Waals surface area contributed by atoms with Gasteiger partial charge in [0.2, 0.25) is 0 Å². The summed E-state index contributed by atoms with van der Waals surface area (Å²) >= 11 is 0. The van der Waals surface area contributed by atoms with Crippen molar-refractivity contribution in [2.24, 2.45) is 0 Å². The first kappa shape index (κ1) is 11.9. The predicted molar refractivity (Wildman–Crippen MR) is 67.6 cm³/mol. The van der Waals surface area contributed by atoms with E-state index in [0.29, 0.717) is 0 Å². The Morgan fingerprint density at radius 3 is 2.71 bits per heavy atom. The van der Waals surface area contributed by atoms with Gasteiger partial charge in [-0.25, -0.2) is 4.79 Å². The van der Waals surface area contributed by atoms with Crippen LogP contribution in [0.5, 0.6) is 0 Å². The lowest BCUT2D eigenvalue weighted by atomic mass is 10.1. The number of hydrogen-bond donors (Lipinski definition) is 0. The molecule has 1 atom stereocenters. The molecule has 2 heteroatoms. The molecule has 1 unspecified atom stereocenters. The largest absolute Gasteiger partial charge is 0.454 e. The minimum absolute atomic E-state index is 0.0724. The summed E-state index contributed by atoms with van der Waals surface area (Å²) in [6.45, 7) is 2.13. The van der Waals surface area contributed by atoms with E-state index in [9.17, 15) is 4.79 Å². The fourth-order valence-electron chi connectivity index (χ4n) is 2.04. The fraction of sp³-hybridized carbons (Fsp3) is 0.400. The highest BCUT2D eigenvalue weighted by Crippen LogP contribution is 2.21. The molecule has 0 aliphatic carbocycles. The number of ether oxygens (including phenoxy) is 1. The third-order valence-electron chi connectivity index (χ3n) is 2.99. The van der Waals surface area contributed by atoms with Crippen molar-refractivity contribution >= 4 is 5.97 Å². The van der Waals surface area contributed by atoms with Gasteiger partial charge in [-0.15, -0.1) is 0 Å². The van der Waals surface area contributed by atoms with Gasteiger partial charge in [0.15, 0.2) is 0 Å². The second-order valence-corrected chi connectivity index (χ2v) is 4.43. The molecule has 1 aliphatic heterocycles. The molecular formula is C15H18O2. The Morgan fingerprint density at radius 1 is 1.24 bits per heavy atom. The van der Waals surface area contributed by atoms with Crippen LogP contribution in [-0.2, 0) is 16.0 Å². The second kappa shape index (κ2) is 5.67. The molecule has 1 aromatic carbocycles. The number of carbonyl (C=O) groups is 1. The molecule has 0 saturated carbocycles. The molecule has 0 fully saturated rings. The maximum atomic E-state index is 11.6. The summed E-state index contributed by atoms with van der Waals surface area (Å²) in [6.07, 6.45) is 5.71. The zero-order valence-corrected chi connectivity index (χ0v) is 10.2. The quantitative estimate of drug-likeness (QED) is 0.726. The van der Waals surface area contributed by atoms with E-state index in [1.165, 1.54) is 5.56 Å². The van der Waals surface area contributed by atoms with Gasteiger partial charge in [0.1, 0.15) is 6.10 Å². The Hall–Kier alpha value is -1.57. The Morgan fingerprint density at radius 2 is 2.00 bits per heavy atom. The van der Waals surface area contributed by atoms with Gasteiger partial charge >= 0.3 is 5.97 Å². The molecule has 1 aliphatic rings. The van der Waals surface area contributed by atoms with Crippen molar-refractivity contribution in [1.82, 2.24) is 0 Å². The maximum Gasteiger partial charge on any atom is 0.334 e. The minimum Gasteiger partial charge on any atom is -0.454 e. The van der Waals surface area contributed by atoms with Gasteiger partial charge in [-0.05, 0) is 24.5 Å². The standard InChI is InChI=1S/C15H18O2/c1-2-3-9-13-11-14(17-15(13)16)10-12-7-5-4-6-8-12/h4-8,11,14H,2-3,9-10H2,1H3. The molecule has 0 spiro atoms. The highest BCUT2D eigenvalue weighted by Gasteiger charge is 2.24. The first-order valence-electron chi connectivity index (χ1n) is 6.25. The maximum absolute atomic E-state index is 11.6. The van der Waals surface area contributed by atoms with E-state index in [-0.39, 0.29) is 12.1 Å². The van der Waals surface area contributed by atoms with Crippen LogP contribution in [-0.4, -0.2) is 12.1 Å². The molecule has 0 aromatic heterocycles. The summed E-state index contributed by atoms with van der Waals surface area (Å²) in [5.41, 5.74) is 2.06. The monoisotopic (exact) mass is 230 g/mol.